The highest BCUT2D eigenvalue weighted by Crippen LogP contribution is 2.31. The zero-order valence-electron chi connectivity index (χ0n) is 12.8. The fourth-order valence-corrected chi connectivity index (χ4v) is 3.59. The van der Waals surface area contributed by atoms with Crippen LogP contribution >= 0.6 is 23.4 Å². The van der Waals surface area contributed by atoms with Gasteiger partial charge in [0.05, 0.1) is 10.6 Å². The number of pyridine rings is 1. The van der Waals surface area contributed by atoms with Gasteiger partial charge >= 0.3 is 0 Å². The highest BCUT2D eigenvalue weighted by atomic mass is 35.5. The molecule has 0 spiro atoms. The maximum absolute atomic E-state index is 12.6. The molecule has 6 heteroatoms. The molecule has 0 aromatic carbocycles. The van der Waals surface area contributed by atoms with E-state index in [0.717, 1.165) is 31.8 Å². The van der Waals surface area contributed by atoms with Crippen LogP contribution in [0.2, 0.25) is 5.02 Å². The number of anilines is 1. The average Bonchev–Trinajstić information content (AvgIpc) is 2.61. The maximum Gasteiger partial charge on any atom is 0.255 e. The second-order valence-electron chi connectivity index (χ2n) is 5.74. The van der Waals surface area contributed by atoms with Gasteiger partial charge in [0.15, 0.2) is 0 Å². The second-order valence-corrected chi connectivity index (χ2v) is 7.94. The number of carbonyl (C=O) groups is 1. The predicted molar refractivity (Wildman–Crippen MR) is 90.5 cm³/mol. The molecule has 1 saturated heterocycles. The van der Waals surface area contributed by atoms with Gasteiger partial charge < -0.3 is 10.2 Å². The predicted octanol–water partition coefficient (Wildman–Crippen LogP) is 3.52. The lowest BCUT2D eigenvalue weighted by molar-refractivity contribution is 0.0764. The first kappa shape index (κ1) is 16.4. The molecule has 1 amide bonds. The maximum atomic E-state index is 12.6. The Kier molecular flexibility index (Phi) is 5.38. The van der Waals surface area contributed by atoms with E-state index in [1.54, 1.807) is 12.3 Å². The lowest BCUT2D eigenvalue weighted by Crippen LogP contribution is -2.33. The van der Waals surface area contributed by atoms with Crippen LogP contribution in [0, 0.1) is 0 Å². The first-order valence-electron chi connectivity index (χ1n) is 7.25. The Labute approximate surface area is 135 Å². The molecule has 1 aliphatic rings. The summed E-state index contributed by atoms with van der Waals surface area (Å²) in [4.78, 5) is 18.7. The van der Waals surface area contributed by atoms with Gasteiger partial charge in [0, 0.05) is 36.3 Å². The van der Waals surface area contributed by atoms with Crippen LogP contribution in [0.15, 0.2) is 12.3 Å². The van der Waals surface area contributed by atoms with Crippen LogP contribution < -0.4 is 5.32 Å². The van der Waals surface area contributed by atoms with E-state index < -0.39 is 0 Å². The molecule has 2 rings (SSSR count). The van der Waals surface area contributed by atoms with Crippen LogP contribution in [0.1, 0.15) is 37.6 Å². The number of aromatic nitrogens is 1. The minimum Gasteiger partial charge on any atom is -0.369 e. The number of hydrogen-bond acceptors (Lipinski definition) is 4. The van der Waals surface area contributed by atoms with Crippen LogP contribution in [-0.4, -0.2) is 45.9 Å². The Hall–Kier alpha value is -0.940. The summed E-state index contributed by atoms with van der Waals surface area (Å²) in [5, 5.41) is 3.56. The third kappa shape index (κ3) is 4.27. The zero-order valence-corrected chi connectivity index (χ0v) is 14.4. The molecule has 0 aliphatic carbocycles. The largest absolute Gasteiger partial charge is 0.369 e. The van der Waals surface area contributed by atoms with E-state index in [0.29, 0.717) is 16.4 Å². The van der Waals surface area contributed by atoms with Crippen molar-refractivity contribution in [2.75, 3.05) is 30.7 Å². The van der Waals surface area contributed by atoms with Crippen LogP contribution in [-0.2, 0) is 0 Å². The van der Waals surface area contributed by atoms with Gasteiger partial charge in [-0.2, -0.15) is 11.8 Å². The number of nitrogens with zero attached hydrogens (tertiary/aromatic N) is 2. The number of hydrogen-bond donors (Lipinski definition) is 1. The van der Waals surface area contributed by atoms with Crippen molar-refractivity contribution < 1.29 is 4.79 Å². The Morgan fingerprint density at radius 1 is 1.52 bits per heavy atom. The van der Waals surface area contributed by atoms with Crippen molar-refractivity contribution in [1.82, 2.24) is 9.88 Å². The second kappa shape index (κ2) is 6.88. The van der Waals surface area contributed by atoms with Crippen LogP contribution in [0.5, 0.6) is 0 Å². The van der Waals surface area contributed by atoms with Crippen molar-refractivity contribution in [3.63, 3.8) is 0 Å². The van der Waals surface area contributed by atoms with Crippen LogP contribution in [0.3, 0.4) is 0 Å². The van der Waals surface area contributed by atoms with E-state index in [2.05, 4.69) is 24.1 Å². The third-order valence-corrected chi connectivity index (χ3v) is 5.22. The Balaban J connectivity index is 2.11. The molecule has 0 saturated carbocycles. The van der Waals surface area contributed by atoms with Crippen molar-refractivity contribution in [1.29, 1.82) is 0 Å². The molecule has 1 aromatic rings. The van der Waals surface area contributed by atoms with E-state index in [1.807, 2.05) is 23.6 Å². The summed E-state index contributed by atoms with van der Waals surface area (Å²) in [6.07, 6.45) is 2.61. The van der Waals surface area contributed by atoms with E-state index >= 15 is 0 Å². The third-order valence-electron chi connectivity index (χ3n) is 3.56. The summed E-state index contributed by atoms with van der Waals surface area (Å²) >= 11 is 8.09. The van der Waals surface area contributed by atoms with E-state index in [-0.39, 0.29) is 10.7 Å². The standard InChI is InChI=1S/C15H22ClN3OS/c1-4-17-13-12(16)9-11(10-18-13)14(20)19-6-5-15(2,3)21-8-7-19/h9-10H,4-8H2,1-3H3,(H,17,18). The Bertz CT molecular complexity index is 522. The monoisotopic (exact) mass is 327 g/mol. The highest BCUT2D eigenvalue weighted by Gasteiger charge is 2.26. The summed E-state index contributed by atoms with van der Waals surface area (Å²) < 4.78 is 0.236. The molecule has 2 heterocycles. The van der Waals surface area contributed by atoms with Gasteiger partial charge in [-0.05, 0) is 19.4 Å². The van der Waals surface area contributed by atoms with Gasteiger partial charge in [-0.15, -0.1) is 0 Å². The normalized spacial score (nSPS) is 18.2. The minimum atomic E-state index is 0.0192. The zero-order chi connectivity index (χ0) is 15.5. The lowest BCUT2D eigenvalue weighted by atomic mass is 10.1. The Morgan fingerprint density at radius 3 is 2.95 bits per heavy atom. The van der Waals surface area contributed by atoms with Crippen LogP contribution in [0.25, 0.3) is 0 Å². The number of halogens is 1. The van der Waals surface area contributed by atoms with Gasteiger partial charge in [-0.25, -0.2) is 4.98 Å². The highest BCUT2D eigenvalue weighted by molar-refractivity contribution is 8.00. The number of nitrogens with one attached hydrogen (secondary N) is 1. The topological polar surface area (TPSA) is 45.2 Å². The number of carbonyl (C=O) groups excluding carboxylic acids is 1. The minimum absolute atomic E-state index is 0.0192. The summed E-state index contributed by atoms with van der Waals surface area (Å²) in [6.45, 7) is 8.75. The Morgan fingerprint density at radius 2 is 2.29 bits per heavy atom. The molecule has 0 bridgehead atoms. The van der Waals surface area contributed by atoms with Gasteiger partial charge in [0.25, 0.3) is 5.91 Å². The van der Waals surface area contributed by atoms with E-state index in [4.69, 9.17) is 11.6 Å². The molecular formula is C15H22ClN3OS. The molecular weight excluding hydrogens is 306 g/mol. The van der Waals surface area contributed by atoms with Crippen molar-refractivity contribution in [2.24, 2.45) is 0 Å². The molecule has 1 fully saturated rings. The molecule has 21 heavy (non-hydrogen) atoms. The van der Waals surface area contributed by atoms with Crippen molar-refractivity contribution in [3.8, 4) is 0 Å². The van der Waals surface area contributed by atoms with Gasteiger partial charge in [-0.1, -0.05) is 25.4 Å². The van der Waals surface area contributed by atoms with Gasteiger partial charge in [0.1, 0.15) is 5.82 Å². The summed E-state index contributed by atoms with van der Waals surface area (Å²) in [5.41, 5.74) is 0.561. The molecule has 4 nitrogen and oxygen atoms in total. The molecule has 0 unspecified atom stereocenters. The molecule has 1 aromatic heterocycles. The summed E-state index contributed by atoms with van der Waals surface area (Å²) in [6, 6.07) is 1.71. The first-order chi connectivity index (χ1) is 9.93. The average molecular weight is 328 g/mol. The van der Waals surface area contributed by atoms with Crippen molar-refractivity contribution >= 4 is 35.1 Å². The number of rotatable bonds is 3. The fourth-order valence-electron chi connectivity index (χ4n) is 2.26. The van der Waals surface area contributed by atoms with E-state index in [1.165, 1.54) is 0 Å². The van der Waals surface area contributed by atoms with Gasteiger partial charge in [0.2, 0.25) is 0 Å². The lowest BCUT2D eigenvalue weighted by Gasteiger charge is -2.22. The SMILES string of the molecule is CCNc1ncc(C(=O)N2CCSC(C)(C)CC2)cc1Cl. The quantitative estimate of drug-likeness (QED) is 0.922. The summed E-state index contributed by atoms with van der Waals surface area (Å²) in [7, 11) is 0. The molecule has 0 radical (unpaired) electrons. The smallest absolute Gasteiger partial charge is 0.255 e. The molecule has 1 aliphatic heterocycles. The molecule has 116 valence electrons. The number of thioether (sulfide) groups is 1. The van der Waals surface area contributed by atoms with Gasteiger partial charge in [-0.3, -0.25) is 4.79 Å². The summed E-state index contributed by atoms with van der Waals surface area (Å²) in [5.74, 6) is 1.61. The molecule has 1 N–H and O–H groups in total. The number of amides is 1. The molecule has 0 atom stereocenters. The van der Waals surface area contributed by atoms with E-state index in [9.17, 15) is 4.79 Å². The van der Waals surface area contributed by atoms with Crippen molar-refractivity contribution in [2.45, 2.75) is 31.9 Å². The fraction of sp³-hybridized carbons (Fsp3) is 0.600. The van der Waals surface area contributed by atoms with Crippen molar-refractivity contribution in [3.05, 3.63) is 22.8 Å². The first-order valence-corrected chi connectivity index (χ1v) is 8.62. The van der Waals surface area contributed by atoms with Crippen LogP contribution in [0.4, 0.5) is 5.82 Å².